The number of nitrogens with one attached hydrogen (secondary N) is 1. The Morgan fingerprint density at radius 1 is 1.14 bits per heavy atom. The summed E-state index contributed by atoms with van der Waals surface area (Å²) in [6.07, 6.45) is 3.53. The van der Waals surface area contributed by atoms with Crippen molar-refractivity contribution >= 4 is 11.8 Å². The van der Waals surface area contributed by atoms with E-state index in [9.17, 15) is 9.59 Å². The minimum Gasteiger partial charge on any atom is -0.347 e. The zero-order valence-electron chi connectivity index (χ0n) is 12.7. The molecule has 22 heavy (non-hydrogen) atoms. The third kappa shape index (κ3) is 4.15. The van der Waals surface area contributed by atoms with Crippen LogP contribution in [0.15, 0.2) is 54.9 Å². The molecule has 2 aromatic rings. The third-order valence-corrected chi connectivity index (χ3v) is 3.25. The average Bonchev–Trinajstić information content (AvgIpc) is 2.55. The lowest BCUT2D eigenvalue weighted by atomic mass is 10.0. The number of amides is 2. The van der Waals surface area contributed by atoms with E-state index < -0.39 is 6.04 Å². The highest BCUT2D eigenvalue weighted by atomic mass is 16.2. The summed E-state index contributed by atoms with van der Waals surface area (Å²) < 4.78 is 0. The highest BCUT2D eigenvalue weighted by molar-refractivity contribution is 5.97. The standard InChI is InChI=1S/C17H19N3O2/c1-20(2)17(22)15(11-13-7-4-3-5-8-13)19-16(21)14-9-6-10-18-12-14/h3-10,12,15H,11H2,1-2H3,(H,19,21). The fourth-order valence-electron chi connectivity index (χ4n) is 2.10. The normalized spacial score (nSPS) is 11.5. The van der Waals surface area contributed by atoms with Crippen LogP contribution in [0.3, 0.4) is 0 Å². The quantitative estimate of drug-likeness (QED) is 0.910. The summed E-state index contributed by atoms with van der Waals surface area (Å²) in [4.78, 5) is 30.0. The van der Waals surface area contributed by atoms with E-state index in [1.54, 1.807) is 32.4 Å². The summed E-state index contributed by atoms with van der Waals surface area (Å²) >= 11 is 0. The predicted molar refractivity (Wildman–Crippen MR) is 84.3 cm³/mol. The monoisotopic (exact) mass is 297 g/mol. The van der Waals surface area contributed by atoms with Gasteiger partial charge in [0, 0.05) is 32.9 Å². The number of likely N-dealkylation sites (N-methyl/N-ethyl adjacent to an activating group) is 1. The van der Waals surface area contributed by atoms with Crippen LogP contribution in [0.2, 0.25) is 0 Å². The lowest BCUT2D eigenvalue weighted by molar-refractivity contribution is -0.130. The first kappa shape index (κ1) is 15.7. The van der Waals surface area contributed by atoms with Crippen molar-refractivity contribution in [1.82, 2.24) is 15.2 Å². The van der Waals surface area contributed by atoms with Gasteiger partial charge in [-0.25, -0.2) is 0 Å². The molecule has 1 heterocycles. The molecule has 1 unspecified atom stereocenters. The van der Waals surface area contributed by atoms with Gasteiger partial charge in [0.2, 0.25) is 5.91 Å². The van der Waals surface area contributed by atoms with Crippen molar-refractivity contribution in [1.29, 1.82) is 0 Å². The molecule has 2 amide bonds. The topological polar surface area (TPSA) is 62.3 Å². The molecule has 0 saturated heterocycles. The largest absolute Gasteiger partial charge is 0.347 e. The number of nitrogens with zero attached hydrogens (tertiary/aromatic N) is 2. The van der Waals surface area contributed by atoms with Gasteiger partial charge in [-0.2, -0.15) is 0 Å². The van der Waals surface area contributed by atoms with Gasteiger partial charge >= 0.3 is 0 Å². The van der Waals surface area contributed by atoms with Crippen LogP contribution in [0.25, 0.3) is 0 Å². The van der Waals surface area contributed by atoms with Crippen LogP contribution in [-0.2, 0) is 11.2 Å². The van der Waals surface area contributed by atoms with Gasteiger partial charge in [0.05, 0.1) is 5.56 Å². The van der Waals surface area contributed by atoms with E-state index >= 15 is 0 Å². The molecule has 5 nitrogen and oxygen atoms in total. The van der Waals surface area contributed by atoms with Crippen molar-refractivity contribution in [2.75, 3.05) is 14.1 Å². The summed E-state index contributed by atoms with van der Waals surface area (Å²) in [5, 5.41) is 2.79. The first-order chi connectivity index (χ1) is 10.6. The molecular weight excluding hydrogens is 278 g/mol. The molecule has 0 saturated carbocycles. The molecule has 1 N–H and O–H groups in total. The molecule has 0 spiro atoms. The smallest absolute Gasteiger partial charge is 0.253 e. The Balaban J connectivity index is 2.14. The van der Waals surface area contributed by atoms with E-state index in [-0.39, 0.29) is 11.8 Å². The van der Waals surface area contributed by atoms with Crippen LogP contribution in [0.5, 0.6) is 0 Å². The fraction of sp³-hybridized carbons (Fsp3) is 0.235. The second-order valence-electron chi connectivity index (χ2n) is 5.19. The van der Waals surface area contributed by atoms with Crippen molar-refractivity contribution in [3.8, 4) is 0 Å². The maximum Gasteiger partial charge on any atom is 0.253 e. The van der Waals surface area contributed by atoms with Gasteiger partial charge in [-0.3, -0.25) is 14.6 Å². The summed E-state index contributed by atoms with van der Waals surface area (Å²) in [6, 6.07) is 12.4. The van der Waals surface area contributed by atoms with Gasteiger partial charge in [0.15, 0.2) is 0 Å². The zero-order chi connectivity index (χ0) is 15.9. The Kier molecular flexibility index (Phi) is 5.25. The molecular formula is C17H19N3O2. The number of carbonyl (C=O) groups is 2. The highest BCUT2D eigenvalue weighted by Gasteiger charge is 2.23. The first-order valence-electron chi connectivity index (χ1n) is 7.04. The molecule has 0 fully saturated rings. The summed E-state index contributed by atoms with van der Waals surface area (Å²) in [7, 11) is 3.35. The lowest BCUT2D eigenvalue weighted by Crippen LogP contribution is -2.47. The Morgan fingerprint density at radius 3 is 2.45 bits per heavy atom. The van der Waals surface area contributed by atoms with Crippen molar-refractivity contribution < 1.29 is 9.59 Å². The molecule has 0 radical (unpaired) electrons. The zero-order valence-corrected chi connectivity index (χ0v) is 12.7. The Morgan fingerprint density at radius 2 is 1.86 bits per heavy atom. The van der Waals surface area contributed by atoms with Crippen LogP contribution in [0.1, 0.15) is 15.9 Å². The van der Waals surface area contributed by atoms with Crippen molar-refractivity contribution in [2.45, 2.75) is 12.5 Å². The maximum absolute atomic E-state index is 12.3. The number of rotatable bonds is 5. The summed E-state index contributed by atoms with van der Waals surface area (Å²) in [5.74, 6) is -0.440. The Hall–Kier alpha value is -2.69. The summed E-state index contributed by atoms with van der Waals surface area (Å²) in [5.41, 5.74) is 1.43. The van der Waals surface area contributed by atoms with Crippen LogP contribution in [-0.4, -0.2) is 41.8 Å². The number of hydrogen-bond acceptors (Lipinski definition) is 3. The third-order valence-electron chi connectivity index (χ3n) is 3.25. The number of carbonyl (C=O) groups excluding carboxylic acids is 2. The second-order valence-corrected chi connectivity index (χ2v) is 5.19. The highest BCUT2D eigenvalue weighted by Crippen LogP contribution is 2.06. The molecule has 5 heteroatoms. The number of hydrogen-bond donors (Lipinski definition) is 1. The van der Waals surface area contributed by atoms with Gasteiger partial charge in [-0.15, -0.1) is 0 Å². The molecule has 2 rings (SSSR count). The van der Waals surface area contributed by atoms with Crippen LogP contribution < -0.4 is 5.32 Å². The van der Waals surface area contributed by atoms with Gasteiger partial charge in [-0.05, 0) is 17.7 Å². The molecule has 1 aromatic heterocycles. The Bertz CT molecular complexity index is 627. The Labute approximate surface area is 130 Å². The number of aromatic nitrogens is 1. The van der Waals surface area contributed by atoms with Gasteiger partial charge in [-0.1, -0.05) is 30.3 Å². The van der Waals surface area contributed by atoms with E-state index in [1.165, 1.54) is 11.1 Å². The SMILES string of the molecule is CN(C)C(=O)C(Cc1ccccc1)NC(=O)c1cccnc1. The van der Waals surface area contributed by atoms with E-state index in [4.69, 9.17) is 0 Å². The van der Waals surface area contributed by atoms with Gasteiger partial charge in [0.25, 0.3) is 5.91 Å². The van der Waals surface area contributed by atoms with Crippen molar-refractivity contribution in [3.05, 3.63) is 66.0 Å². The average molecular weight is 297 g/mol. The molecule has 0 aliphatic rings. The van der Waals surface area contributed by atoms with Gasteiger partial charge in [0.1, 0.15) is 6.04 Å². The molecule has 114 valence electrons. The molecule has 0 bridgehead atoms. The second kappa shape index (κ2) is 7.36. The van der Waals surface area contributed by atoms with Gasteiger partial charge < -0.3 is 10.2 Å². The predicted octanol–water partition coefficient (Wildman–Crippen LogP) is 1.51. The van der Waals surface area contributed by atoms with Crippen LogP contribution in [0.4, 0.5) is 0 Å². The molecule has 0 aliphatic carbocycles. The number of pyridine rings is 1. The molecule has 0 aliphatic heterocycles. The molecule has 1 atom stereocenters. The van der Waals surface area contributed by atoms with Crippen LogP contribution in [0, 0.1) is 0 Å². The fourth-order valence-corrected chi connectivity index (χ4v) is 2.10. The first-order valence-corrected chi connectivity index (χ1v) is 7.04. The van der Waals surface area contributed by atoms with Crippen LogP contribution >= 0.6 is 0 Å². The lowest BCUT2D eigenvalue weighted by Gasteiger charge is -2.22. The van der Waals surface area contributed by atoms with Crippen molar-refractivity contribution in [3.63, 3.8) is 0 Å². The van der Waals surface area contributed by atoms with E-state index in [0.717, 1.165) is 5.56 Å². The van der Waals surface area contributed by atoms with E-state index in [1.807, 2.05) is 30.3 Å². The van der Waals surface area contributed by atoms with E-state index in [0.29, 0.717) is 12.0 Å². The number of benzene rings is 1. The maximum atomic E-state index is 12.3. The minimum atomic E-state index is -0.606. The molecule has 1 aromatic carbocycles. The van der Waals surface area contributed by atoms with E-state index in [2.05, 4.69) is 10.3 Å². The van der Waals surface area contributed by atoms with Crippen molar-refractivity contribution in [2.24, 2.45) is 0 Å². The minimum absolute atomic E-state index is 0.138. The summed E-state index contributed by atoms with van der Waals surface area (Å²) in [6.45, 7) is 0.